The molecule has 0 aliphatic carbocycles. The molecule has 1 aromatic heterocycles. The third-order valence-electron chi connectivity index (χ3n) is 7.28. The Kier molecular flexibility index (Phi) is 7.67. The lowest BCUT2D eigenvalue weighted by molar-refractivity contribution is 0.0734. The number of piperazine rings is 1. The largest absolute Gasteiger partial charge is 0.497 e. The van der Waals surface area contributed by atoms with Gasteiger partial charge in [0.25, 0.3) is 5.91 Å². The Labute approximate surface area is 235 Å². The van der Waals surface area contributed by atoms with Gasteiger partial charge in [0.05, 0.1) is 19.3 Å². The molecule has 0 unspecified atom stereocenters. The highest BCUT2D eigenvalue weighted by Crippen LogP contribution is 2.26. The Hall–Kier alpha value is -3.77. The predicted octanol–water partition coefficient (Wildman–Crippen LogP) is 6.52. The Bertz CT molecular complexity index is 1430. The molecule has 0 atom stereocenters. The molecule has 39 heavy (non-hydrogen) atoms. The number of methoxy groups -OCH3 is 1. The maximum atomic E-state index is 13.8. The van der Waals surface area contributed by atoms with Crippen molar-refractivity contribution in [1.29, 1.82) is 0 Å². The van der Waals surface area contributed by atoms with Crippen LogP contribution in [0.1, 0.15) is 42.4 Å². The SMILES string of the molecule is COc1cccc(N2CCN(C(=O)c3cc(-c4ccc(Cl)cc4)nn3Cc3ccc(C(C)(C)C)cc3)CC2)c1. The zero-order valence-electron chi connectivity index (χ0n) is 23.0. The molecule has 6 nitrogen and oxygen atoms in total. The highest BCUT2D eigenvalue weighted by molar-refractivity contribution is 6.30. The van der Waals surface area contributed by atoms with E-state index in [1.807, 2.05) is 58.1 Å². The highest BCUT2D eigenvalue weighted by Gasteiger charge is 2.26. The van der Waals surface area contributed by atoms with Crippen molar-refractivity contribution < 1.29 is 9.53 Å². The van der Waals surface area contributed by atoms with Gasteiger partial charge in [0.15, 0.2) is 0 Å². The van der Waals surface area contributed by atoms with E-state index in [4.69, 9.17) is 21.4 Å². The molecule has 0 spiro atoms. The van der Waals surface area contributed by atoms with Crippen LogP contribution < -0.4 is 9.64 Å². The normalized spacial score (nSPS) is 14.0. The number of hydrogen-bond donors (Lipinski definition) is 0. The number of benzene rings is 3. The molecule has 1 saturated heterocycles. The van der Waals surface area contributed by atoms with Crippen LogP contribution in [0.25, 0.3) is 11.3 Å². The zero-order valence-corrected chi connectivity index (χ0v) is 23.8. The van der Waals surface area contributed by atoms with Crippen molar-refractivity contribution in [2.24, 2.45) is 0 Å². The summed E-state index contributed by atoms with van der Waals surface area (Å²) in [6, 6.07) is 26.1. The van der Waals surface area contributed by atoms with E-state index in [0.29, 0.717) is 30.4 Å². The van der Waals surface area contributed by atoms with Gasteiger partial charge in [-0.05, 0) is 46.9 Å². The minimum absolute atomic E-state index is 0.000632. The number of anilines is 1. The second-order valence-electron chi connectivity index (χ2n) is 11.0. The second kappa shape index (κ2) is 11.1. The number of carbonyl (C=O) groups is 1. The number of ether oxygens (including phenoxy) is 1. The van der Waals surface area contributed by atoms with Gasteiger partial charge >= 0.3 is 0 Å². The minimum atomic E-state index is -0.000632. The van der Waals surface area contributed by atoms with Crippen molar-refractivity contribution >= 4 is 23.2 Å². The van der Waals surface area contributed by atoms with E-state index in [-0.39, 0.29) is 11.3 Å². The molecule has 4 aromatic rings. The molecule has 2 heterocycles. The summed E-state index contributed by atoms with van der Waals surface area (Å²) in [5.41, 5.74) is 5.85. The van der Waals surface area contributed by atoms with Crippen LogP contribution in [0.5, 0.6) is 5.75 Å². The van der Waals surface area contributed by atoms with Crippen molar-refractivity contribution in [2.75, 3.05) is 38.2 Å². The summed E-state index contributed by atoms with van der Waals surface area (Å²) in [4.78, 5) is 18.1. The lowest BCUT2D eigenvalue weighted by Crippen LogP contribution is -2.49. The van der Waals surface area contributed by atoms with Gasteiger partial charge in [0.1, 0.15) is 11.4 Å². The topological polar surface area (TPSA) is 50.6 Å². The third kappa shape index (κ3) is 6.12. The summed E-state index contributed by atoms with van der Waals surface area (Å²) in [6.07, 6.45) is 0. The molecule has 5 rings (SSSR count). The van der Waals surface area contributed by atoms with Crippen LogP contribution in [0.3, 0.4) is 0 Å². The molecule has 0 N–H and O–H groups in total. The number of aromatic nitrogens is 2. The molecule has 1 amide bonds. The summed E-state index contributed by atoms with van der Waals surface area (Å²) < 4.78 is 7.22. The fourth-order valence-corrected chi connectivity index (χ4v) is 5.02. The predicted molar refractivity (Wildman–Crippen MR) is 158 cm³/mol. The van der Waals surface area contributed by atoms with Gasteiger partial charge in [-0.25, -0.2) is 0 Å². The summed E-state index contributed by atoms with van der Waals surface area (Å²) >= 11 is 6.12. The summed E-state index contributed by atoms with van der Waals surface area (Å²) in [5, 5.41) is 5.54. The van der Waals surface area contributed by atoms with Crippen LogP contribution in [0.15, 0.2) is 78.9 Å². The summed E-state index contributed by atoms with van der Waals surface area (Å²) in [5.74, 6) is 0.833. The maximum absolute atomic E-state index is 13.8. The first-order chi connectivity index (χ1) is 18.7. The molecule has 202 valence electrons. The van der Waals surface area contributed by atoms with Gasteiger partial charge in [-0.3, -0.25) is 9.48 Å². The van der Waals surface area contributed by atoms with Crippen LogP contribution in [-0.4, -0.2) is 53.9 Å². The smallest absolute Gasteiger partial charge is 0.272 e. The molecule has 7 heteroatoms. The number of halogens is 1. The van der Waals surface area contributed by atoms with Gasteiger partial charge in [-0.2, -0.15) is 5.10 Å². The Balaban J connectivity index is 1.38. The lowest BCUT2D eigenvalue weighted by Gasteiger charge is -2.36. The Morgan fingerprint density at radius 3 is 2.26 bits per heavy atom. The number of carbonyl (C=O) groups excluding carboxylic acids is 1. The molecule has 1 aliphatic rings. The monoisotopic (exact) mass is 542 g/mol. The van der Waals surface area contributed by atoms with E-state index in [1.54, 1.807) is 7.11 Å². The van der Waals surface area contributed by atoms with Gasteiger partial charge in [0.2, 0.25) is 0 Å². The van der Waals surface area contributed by atoms with E-state index in [2.05, 4.69) is 56.0 Å². The van der Waals surface area contributed by atoms with Crippen LogP contribution in [-0.2, 0) is 12.0 Å². The average molecular weight is 543 g/mol. The van der Waals surface area contributed by atoms with Crippen molar-refractivity contribution in [3.63, 3.8) is 0 Å². The van der Waals surface area contributed by atoms with Gasteiger partial charge in [0, 0.05) is 48.5 Å². The highest BCUT2D eigenvalue weighted by atomic mass is 35.5. The van der Waals surface area contributed by atoms with E-state index < -0.39 is 0 Å². The van der Waals surface area contributed by atoms with Crippen LogP contribution in [0.2, 0.25) is 5.02 Å². The van der Waals surface area contributed by atoms with Gasteiger partial charge in [-0.15, -0.1) is 0 Å². The molecule has 0 saturated carbocycles. The fourth-order valence-electron chi connectivity index (χ4n) is 4.89. The Morgan fingerprint density at radius 2 is 1.62 bits per heavy atom. The number of amides is 1. The van der Waals surface area contributed by atoms with Gasteiger partial charge in [-0.1, -0.05) is 74.8 Å². The number of hydrogen-bond acceptors (Lipinski definition) is 4. The first-order valence-corrected chi connectivity index (χ1v) is 13.7. The standard InChI is InChI=1S/C32H35ClN4O2/c1-32(2,3)25-12-8-23(9-13-25)22-37-30(21-29(34-37)24-10-14-26(33)15-11-24)31(38)36-18-16-35(17-19-36)27-6-5-7-28(20-27)39-4/h5-15,20-21H,16-19,22H2,1-4H3. The first-order valence-electron chi connectivity index (χ1n) is 13.3. The first kappa shape index (κ1) is 26.8. The molecular formula is C32H35ClN4O2. The molecular weight excluding hydrogens is 508 g/mol. The van der Waals surface area contributed by atoms with Crippen LogP contribution in [0.4, 0.5) is 5.69 Å². The number of nitrogens with zero attached hydrogens (tertiary/aromatic N) is 4. The summed E-state index contributed by atoms with van der Waals surface area (Å²) in [6.45, 7) is 9.92. The lowest BCUT2D eigenvalue weighted by atomic mass is 9.87. The fraction of sp³-hybridized carbons (Fsp3) is 0.312. The molecule has 0 bridgehead atoms. The Morgan fingerprint density at radius 1 is 0.923 bits per heavy atom. The van der Waals surface area contributed by atoms with E-state index >= 15 is 0 Å². The van der Waals surface area contributed by atoms with E-state index in [9.17, 15) is 4.79 Å². The van der Waals surface area contributed by atoms with Gasteiger partial charge < -0.3 is 14.5 Å². The van der Waals surface area contributed by atoms with E-state index in [0.717, 1.165) is 41.3 Å². The number of rotatable bonds is 6. The average Bonchev–Trinajstić information content (AvgIpc) is 3.36. The maximum Gasteiger partial charge on any atom is 0.272 e. The van der Waals surface area contributed by atoms with Crippen molar-refractivity contribution in [3.8, 4) is 17.0 Å². The van der Waals surface area contributed by atoms with Crippen molar-refractivity contribution in [2.45, 2.75) is 32.7 Å². The van der Waals surface area contributed by atoms with Crippen LogP contribution >= 0.6 is 11.6 Å². The quantitative estimate of drug-likeness (QED) is 0.278. The van der Waals surface area contributed by atoms with Crippen molar-refractivity contribution in [3.05, 3.63) is 101 Å². The molecule has 1 fully saturated rings. The van der Waals surface area contributed by atoms with Crippen LogP contribution in [0, 0.1) is 0 Å². The molecule has 1 aliphatic heterocycles. The third-order valence-corrected chi connectivity index (χ3v) is 7.53. The van der Waals surface area contributed by atoms with E-state index in [1.165, 1.54) is 5.56 Å². The molecule has 0 radical (unpaired) electrons. The summed E-state index contributed by atoms with van der Waals surface area (Å²) in [7, 11) is 1.68. The zero-order chi connectivity index (χ0) is 27.6. The minimum Gasteiger partial charge on any atom is -0.497 e. The second-order valence-corrected chi connectivity index (χ2v) is 11.4. The molecule has 3 aromatic carbocycles. The van der Waals surface area contributed by atoms with Crippen molar-refractivity contribution in [1.82, 2.24) is 14.7 Å².